The number of hydrogen-bond acceptors (Lipinski definition) is 4. The van der Waals surface area contributed by atoms with Crippen LogP contribution in [-0.2, 0) is 11.3 Å². The second-order valence-corrected chi connectivity index (χ2v) is 7.33. The van der Waals surface area contributed by atoms with Gasteiger partial charge in [0, 0.05) is 19.0 Å². The summed E-state index contributed by atoms with van der Waals surface area (Å²) in [5.74, 6) is 0.850. The van der Waals surface area contributed by atoms with Gasteiger partial charge in [-0.3, -0.25) is 9.59 Å². The van der Waals surface area contributed by atoms with E-state index in [1.54, 1.807) is 6.07 Å². The Morgan fingerprint density at radius 3 is 2.65 bits per heavy atom. The zero-order chi connectivity index (χ0) is 18.6. The van der Waals surface area contributed by atoms with Crippen LogP contribution in [0.15, 0.2) is 10.6 Å². The second-order valence-electron chi connectivity index (χ2n) is 7.33. The SMILES string of the molecule is CCCCCCCNC(=O)c1cc(CNC(=O)CC2CCCCC2)on1. The molecule has 1 fully saturated rings. The normalized spacial score (nSPS) is 15.0. The molecule has 1 aromatic heterocycles. The fraction of sp³-hybridized carbons (Fsp3) is 0.750. The van der Waals surface area contributed by atoms with Crippen molar-refractivity contribution in [2.24, 2.45) is 5.92 Å². The van der Waals surface area contributed by atoms with Gasteiger partial charge >= 0.3 is 0 Å². The molecular formula is C20H33N3O3. The first-order chi connectivity index (χ1) is 12.7. The number of hydrogen-bond donors (Lipinski definition) is 2. The van der Waals surface area contributed by atoms with Gasteiger partial charge in [0.15, 0.2) is 11.5 Å². The largest absolute Gasteiger partial charge is 0.359 e. The van der Waals surface area contributed by atoms with Crippen molar-refractivity contribution >= 4 is 11.8 Å². The lowest BCUT2D eigenvalue weighted by atomic mass is 9.87. The quantitative estimate of drug-likeness (QED) is 0.583. The molecule has 0 aromatic carbocycles. The molecule has 1 aliphatic carbocycles. The molecule has 6 nitrogen and oxygen atoms in total. The lowest BCUT2D eigenvalue weighted by Gasteiger charge is -2.20. The zero-order valence-corrected chi connectivity index (χ0v) is 16.0. The van der Waals surface area contributed by atoms with Gasteiger partial charge in [-0.05, 0) is 25.2 Å². The van der Waals surface area contributed by atoms with E-state index in [1.165, 1.54) is 38.5 Å². The molecule has 6 heteroatoms. The lowest BCUT2D eigenvalue weighted by molar-refractivity contribution is -0.122. The summed E-state index contributed by atoms with van der Waals surface area (Å²) >= 11 is 0. The molecule has 1 heterocycles. The minimum absolute atomic E-state index is 0.0476. The van der Waals surface area contributed by atoms with Gasteiger partial charge in [0.25, 0.3) is 5.91 Å². The van der Waals surface area contributed by atoms with Crippen LogP contribution < -0.4 is 10.6 Å². The Morgan fingerprint density at radius 1 is 1.12 bits per heavy atom. The van der Waals surface area contributed by atoms with E-state index < -0.39 is 0 Å². The van der Waals surface area contributed by atoms with Crippen LogP contribution in [0.5, 0.6) is 0 Å². The summed E-state index contributed by atoms with van der Waals surface area (Å²) in [6.07, 6.45) is 12.4. The maximum absolute atomic E-state index is 12.0. The summed E-state index contributed by atoms with van der Waals surface area (Å²) in [6, 6.07) is 1.60. The third-order valence-electron chi connectivity index (χ3n) is 5.02. The van der Waals surface area contributed by atoms with Crippen molar-refractivity contribution in [1.82, 2.24) is 15.8 Å². The summed E-state index contributed by atoms with van der Waals surface area (Å²) < 4.78 is 5.16. The predicted molar refractivity (Wildman–Crippen MR) is 101 cm³/mol. The van der Waals surface area contributed by atoms with Gasteiger partial charge in [-0.25, -0.2) is 0 Å². The van der Waals surface area contributed by atoms with Crippen LogP contribution in [-0.4, -0.2) is 23.5 Å². The predicted octanol–water partition coefficient (Wildman–Crippen LogP) is 3.96. The average molecular weight is 364 g/mol. The summed E-state index contributed by atoms with van der Waals surface area (Å²) in [6.45, 7) is 3.12. The highest BCUT2D eigenvalue weighted by Crippen LogP contribution is 2.26. The standard InChI is InChI=1S/C20H33N3O3/c1-2-3-4-5-9-12-21-20(25)18-14-17(26-23-18)15-22-19(24)13-16-10-7-6-8-11-16/h14,16H,2-13,15H2,1H3,(H,21,25)(H,22,24). The zero-order valence-electron chi connectivity index (χ0n) is 16.0. The van der Waals surface area contributed by atoms with Gasteiger partial charge < -0.3 is 15.2 Å². The van der Waals surface area contributed by atoms with Crippen LogP contribution in [0.3, 0.4) is 0 Å². The van der Waals surface area contributed by atoms with Crippen LogP contribution in [0.25, 0.3) is 0 Å². The Bertz CT molecular complexity index is 550. The van der Waals surface area contributed by atoms with Gasteiger partial charge in [-0.15, -0.1) is 0 Å². The van der Waals surface area contributed by atoms with E-state index in [4.69, 9.17) is 4.52 Å². The van der Waals surface area contributed by atoms with Crippen LogP contribution in [0.2, 0.25) is 0 Å². The maximum Gasteiger partial charge on any atom is 0.273 e. The van der Waals surface area contributed by atoms with Crippen molar-refractivity contribution < 1.29 is 14.1 Å². The number of nitrogens with one attached hydrogen (secondary N) is 2. The highest BCUT2D eigenvalue weighted by atomic mass is 16.5. The summed E-state index contributed by atoms with van der Waals surface area (Å²) in [5.41, 5.74) is 0.273. The first-order valence-electron chi connectivity index (χ1n) is 10.2. The maximum atomic E-state index is 12.0. The number of unbranched alkanes of at least 4 members (excludes halogenated alkanes) is 4. The molecule has 0 atom stereocenters. The fourth-order valence-corrected chi connectivity index (χ4v) is 3.44. The van der Waals surface area contributed by atoms with Crippen molar-refractivity contribution in [2.75, 3.05) is 6.54 Å². The Kier molecular flexibility index (Phi) is 9.21. The molecule has 1 aromatic rings. The molecule has 0 saturated heterocycles. The molecule has 1 aliphatic rings. The van der Waals surface area contributed by atoms with E-state index in [1.807, 2.05) is 0 Å². The smallest absolute Gasteiger partial charge is 0.273 e. The lowest BCUT2D eigenvalue weighted by Crippen LogP contribution is -2.26. The Balaban J connectivity index is 1.63. The summed E-state index contributed by atoms with van der Waals surface area (Å²) in [5, 5.41) is 9.53. The van der Waals surface area contributed by atoms with E-state index >= 15 is 0 Å². The third-order valence-corrected chi connectivity index (χ3v) is 5.02. The van der Waals surface area contributed by atoms with E-state index in [2.05, 4.69) is 22.7 Å². The fourth-order valence-electron chi connectivity index (χ4n) is 3.44. The van der Waals surface area contributed by atoms with E-state index in [0.717, 1.165) is 25.7 Å². The van der Waals surface area contributed by atoms with E-state index in [0.29, 0.717) is 24.6 Å². The molecule has 2 amide bonds. The van der Waals surface area contributed by atoms with Crippen molar-refractivity contribution in [1.29, 1.82) is 0 Å². The number of amides is 2. The van der Waals surface area contributed by atoms with Crippen molar-refractivity contribution in [3.8, 4) is 0 Å². The third kappa shape index (κ3) is 7.58. The molecule has 0 spiro atoms. The monoisotopic (exact) mass is 363 g/mol. The van der Waals surface area contributed by atoms with E-state index in [-0.39, 0.29) is 24.1 Å². The van der Waals surface area contributed by atoms with Gasteiger partial charge in [0.2, 0.25) is 5.91 Å². The molecule has 1 saturated carbocycles. The van der Waals surface area contributed by atoms with Gasteiger partial charge in [-0.1, -0.05) is 57.0 Å². The minimum Gasteiger partial charge on any atom is -0.359 e. The van der Waals surface area contributed by atoms with E-state index in [9.17, 15) is 9.59 Å². The molecule has 26 heavy (non-hydrogen) atoms. The van der Waals surface area contributed by atoms with Crippen LogP contribution >= 0.6 is 0 Å². The summed E-state index contributed by atoms with van der Waals surface area (Å²) in [4.78, 5) is 24.0. The van der Waals surface area contributed by atoms with Crippen LogP contribution in [0.1, 0.15) is 93.8 Å². The van der Waals surface area contributed by atoms with Crippen molar-refractivity contribution in [2.45, 2.75) is 84.1 Å². The van der Waals surface area contributed by atoms with Gasteiger partial charge in [0.1, 0.15) is 0 Å². The molecule has 0 bridgehead atoms. The Labute approximate surface area is 156 Å². The average Bonchev–Trinajstić information content (AvgIpc) is 3.13. The molecule has 0 aliphatic heterocycles. The number of carbonyl (C=O) groups excluding carboxylic acids is 2. The van der Waals surface area contributed by atoms with Crippen LogP contribution in [0.4, 0.5) is 0 Å². The van der Waals surface area contributed by atoms with Crippen molar-refractivity contribution in [3.05, 3.63) is 17.5 Å². The topological polar surface area (TPSA) is 84.2 Å². The molecule has 146 valence electrons. The summed E-state index contributed by atoms with van der Waals surface area (Å²) in [7, 11) is 0. The first kappa shape index (κ1) is 20.5. The van der Waals surface area contributed by atoms with Crippen LogP contribution in [0, 0.1) is 5.92 Å². The molecule has 2 rings (SSSR count). The molecular weight excluding hydrogens is 330 g/mol. The molecule has 0 unspecified atom stereocenters. The van der Waals surface area contributed by atoms with Gasteiger partial charge in [0.05, 0.1) is 6.54 Å². The number of nitrogens with zero attached hydrogens (tertiary/aromatic N) is 1. The number of rotatable bonds is 11. The highest BCUT2D eigenvalue weighted by molar-refractivity contribution is 5.92. The highest BCUT2D eigenvalue weighted by Gasteiger charge is 2.17. The second kappa shape index (κ2) is 11.7. The van der Waals surface area contributed by atoms with Gasteiger partial charge in [-0.2, -0.15) is 0 Å². The minimum atomic E-state index is -0.218. The Morgan fingerprint density at radius 2 is 1.88 bits per heavy atom. The van der Waals surface area contributed by atoms with Crippen molar-refractivity contribution in [3.63, 3.8) is 0 Å². The number of carbonyl (C=O) groups is 2. The Hall–Kier alpha value is -1.85. The molecule has 0 radical (unpaired) electrons. The molecule has 2 N–H and O–H groups in total. The number of aromatic nitrogens is 1. The first-order valence-corrected chi connectivity index (χ1v) is 10.2.